The predicted molar refractivity (Wildman–Crippen MR) is 104 cm³/mol. The van der Waals surface area contributed by atoms with Gasteiger partial charge in [-0.25, -0.2) is 0 Å². The summed E-state index contributed by atoms with van der Waals surface area (Å²) in [5, 5.41) is 0.747. The molecule has 0 saturated carbocycles. The fraction of sp³-hybridized carbons (Fsp3) is 0.176. The molecule has 0 N–H and O–H groups in total. The lowest BCUT2D eigenvalue weighted by Gasteiger charge is -2.31. The Balaban J connectivity index is 1.95. The van der Waals surface area contributed by atoms with E-state index in [1.807, 2.05) is 24.3 Å². The second-order valence-electron chi connectivity index (χ2n) is 4.93. The van der Waals surface area contributed by atoms with Crippen molar-refractivity contribution in [3.8, 4) is 0 Å². The van der Waals surface area contributed by atoms with Gasteiger partial charge in [-0.1, -0.05) is 54.1 Å². The van der Waals surface area contributed by atoms with E-state index in [1.165, 1.54) is 12.7 Å². The average molecular weight is 523 g/mol. The van der Waals surface area contributed by atoms with E-state index in [4.69, 9.17) is 16.3 Å². The zero-order valence-corrected chi connectivity index (χ0v) is 16.2. The van der Waals surface area contributed by atoms with E-state index in [2.05, 4.69) is 75.5 Å². The first-order valence-corrected chi connectivity index (χ1v) is 9.18. The van der Waals surface area contributed by atoms with Crippen molar-refractivity contribution >= 4 is 56.8 Å². The van der Waals surface area contributed by atoms with Crippen molar-refractivity contribution in [2.24, 2.45) is 0 Å². The van der Waals surface area contributed by atoms with Gasteiger partial charge in [-0.3, -0.25) is 0 Å². The molecule has 3 rings (SSSR count). The monoisotopic (exact) mass is 522 g/mol. The first kappa shape index (κ1) is 15.8. The van der Waals surface area contributed by atoms with Crippen LogP contribution in [0.5, 0.6) is 0 Å². The van der Waals surface area contributed by atoms with E-state index in [0.29, 0.717) is 0 Å². The van der Waals surface area contributed by atoms with Gasteiger partial charge >= 0.3 is 0 Å². The van der Waals surface area contributed by atoms with Gasteiger partial charge in [-0.05, 0) is 68.4 Å². The molecular weight excluding hydrogens is 509 g/mol. The minimum atomic E-state index is -0.0323. The van der Waals surface area contributed by atoms with Gasteiger partial charge in [0, 0.05) is 18.6 Å². The van der Waals surface area contributed by atoms with Crippen LogP contribution in [0.4, 0.5) is 0 Å². The van der Waals surface area contributed by atoms with Crippen LogP contribution in [0.25, 0.3) is 0 Å². The van der Waals surface area contributed by atoms with E-state index in [9.17, 15) is 0 Å². The van der Waals surface area contributed by atoms with Crippen molar-refractivity contribution < 1.29 is 4.74 Å². The highest BCUT2D eigenvalue weighted by Crippen LogP contribution is 2.47. The number of hydrogen-bond donors (Lipinski definition) is 0. The number of rotatable bonds is 2. The Kier molecular flexibility index (Phi) is 5.24. The van der Waals surface area contributed by atoms with Gasteiger partial charge in [-0.2, -0.15) is 0 Å². The maximum absolute atomic E-state index is 6.37. The number of halogens is 3. The van der Waals surface area contributed by atoms with Gasteiger partial charge < -0.3 is 4.74 Å². The van der Waals surface area contributed by atoms with Gasteiger partial charge in [0.1, 0.15) is 6.10 Å². The second kappa shape index (κ2) is 6.98. The van der Waals surface area contributed by atoms with Gasteiger partial charge in [0.25, 0.3) is 0 Å². The third-order valence-corrected chi connectivity index (χ3v) is 6.98. The lowest BCUT2D eigenvalue weighted by molar-refractivity contribution is 0.00195. The maximum atomic E-state index is 6.37. The maximum Gasteiger partial charge on any atom is 0.115 e. The lowest BCUT2D eigenvalue weighted by Crippen LogP contribution is -2.16. The third kappa shape index (κ3) is 3.63. The minimum absolute atomic E-state index is 0.0323. The fourth-order valence-electron chi connectivity index (χ4n) is 2.43. The topological polar surface area (TPSA) is 9.23 Å². The molecule has 1 aliphatic rings. The quantitative estimate of drug-likeness (QED) is 0.403. The molecule has 0 aliphatic carbocycles. The highest BCUT2D eigenvalue weighted by Gasteiger charge is 2.29. The summed E-state index contributed by atoms with van der Waals surface area (Å²) in [6.45, 7) is 0. The minimum Gasteiger partial charge on any atom is -0.360 e. The van der Waals surface area contributed by atoms with Crippen LogP contribution in [-0.2, 0) is 4.74 Å². The molecule has 108 valence electrons. The van der Waals surface area contributed by atoms with Crippen molar-refractivity contribution in [1.29, 1.82) is 0 Å². The number of hydrogen-bond acceptors (Lipinski definition) is 1. The first-order valence-electron chi connectivity index (χ1n) is 6.65. The van der Waals surface area contributed by atoms with Crippen LogP contribution < -0.4 is 0 Å². The van der Waals surface area contributed by atoms with E-state index < -0.39 is 0 Å². The molecule has 2 aromatic rings. The van der Waals surface area contributed by atoms with Gasteiger partial charge in [0.2, 0.25) is 0 Å². The Labute approximate surface area is 157 Å². The van der Waals surface area contributed by atoms with Gasteiger partial charge in [-0.15, -0.1) is 0 Å². The molecule has 0 saturated heterocycles. The molecular formula is C17H13ClI2O. The Morgan fingerprint density at radius 1 is 0.952 bits per heavy atom. The van der Waals surface area contributed by atoms with Gasteiger partial charge in [0.05, 0.1) is 6.10 Å². The Hall–Kier alpha value is -0.110. The summed E-state index contributed by atoms with van der Waals surface area (Å²) in [4.78, 5) is 0. The standard InChI is InChI=1S/C17H13ClI2O/c18-13-8-4-7-12(9-13)17-16(20)14(19)10-15(21-17)11-5-2-1-3-6-11/h1-9,15,17H,10H2. The van der Waals surface area contributed by atoms with Crippen LogP contribution in [0, 0.1) is 0 Å². The molecule has 1 heterocycles. The molecule has 0 amide bonds. The SMILES string of the molecule is Clc1cccc(C2OC(c3ccccc3)CC(I)=C2I)c1. The van der Waals surface area contributed by atoms with Crippen LogP contribution in [-0.4, -0.2) is 0 Å². The first-order chi connectivity index (χ1) is 10.1. The third-order valence-electron chi connectivity index (χ3n) is 3.48. The summed E-state index contributed by atoms with van der Waals surface area (Å²) < 4.78 is 8.98. The van der Waals surface area contributed by atoms with Crippen molar-refractivity contribution in [2.45, 2.75) is 18.6 Å². The summed E-state index contributed by atoms with van der Waals surface area (Å²) in [6.07, 6.45) is 0.996. The molecule has 21 heavy (non-hydrogen) atoms. The predicted octanol–water partition coefficient (Wildman–Crippen LogP) is 6.62. The zero-order valence-electron chi connectivity index (χ0n) is 11.1. The van der Waals surface area contributed by atoms with Crippen LogP contribution >= 0.6 is 56.8 Å². The number of benzene rings is 2. The molecule has 2 aromatic carbocycles. The van der Waals surface area contributed by atoms with E-state index in [-0.39, 0.29) is 12.2 Å². The van der Waals surface area contributed by atoms with Crippen LogP contribution in [0.15, 0.2) is 61.8 Å². The number of ether oxygens (including phenoxy) is 1. The molecule has 2 unspecified atom stereocenters. The summed E-state index contributed by atoms with van der Waals surface area (Å²) in [6, 6.07) is 18.3. The van der Waals surface area contributed by atoms with Crippen molar-refractivity contribution in [1.82, 2.24) is 0 Å². The Morgan fingerprint density at radius 3 is 2.38 bits per heavy atom. The van der Waals surface area contributed by atoms with E-state index >= 15 is 0 Å². The van der Waals surface area contributed by atoms with Crippen LogP contribution in [0.3, 0.4) is 0 Å². The van der Waals surface area contributed by atoms with Crippen LogP contribution in [0.1, 0.15) is 29.8 Å². The zero-order chi connectivity index (χ0) is 14.8. The van der Waals surface area contributed by atoms with E-state index in [1.54, 1.807) is 0 Å². The highest BCUT2D eigenvalue weighted by molar-refractivity contribution is 14.1. The summed E-state index contributed by atoms with van der Waals surface area (Å²) in [7, 11) is 0. The normalized spacial score (nSPS) is 22.4. The smallest absolute Gasteiger partial charge is 0.115 e. The summed E-state index contributed by atoms with van der Waals surface area (Å²) in [5.41, 5.74) is 2.34. The van der Waals surface area contributed by atoms with Gasteiger partial charge in [0.15, 0.2) is 0 Å². The molecule has 2 atom stereocenters. The Bertz CT molecular complexity index is 670. The average Bonchev–Trinajstić information content (AvgIpc) is 2.51. The van der Waals surface area contributed by atoms with Crippen molar-refractivity contribution in [2.75, 3.05) is 0 Å². The Morgan fingerprint density at radius 2 is 1.67 bits per heavy atom. The fourth-order valence-corrected chi connectivity index (χ4v) is 4.04. The molecule has 0 aromatic heterocycles. The molecule has 1 nitrogen and oxygen atoms in total. The molecule has 4 heteroatoms. The molecule has 0 fully saturated rings. The molecule has 1 aliphatic heterocycles. The van der Waals surface area contributed by atoms with Crippen LogP contribution in [0.2, 0.25) is 5.02 Å². The van der Waals surface area contributed by atoms with Crippen molar-refractivity contribution in [3.63, 3.8) is 0 Å². The molecule has 0 bridgehead atoms. The van der Waals surface area contributed by atoms with Crippen molar-refractivity contribution in [3.05, 3.63) is 77.9 Å². The highest BCUT2D eigenvalue weighted by atomic mass is 127. The summed E-state index contributed by atoms with van der Waals surface area (Å²) in [5.74, 6) is 0. The largest absolute Gasteiger partial charge is 0.360 e. The summed E-state index contributed by atoms with van der Waals surface area (Å²) >= 11 is 11.0. The molecule has 0 spiro atoms. The second-order valence-corrected chi connectivity index (χ2v) is 7.83. The lowest BCUT2D eigenvalue weighted by atomic mass is 10.0. The van der Waals surface area contributed by atoms with E-state index in [0.717, 1.165) is 17.0 Å². The molecule has 0 radical (unpaired) electrons.